The Morgan fingerprint density at radius 3 is 2.59 bits per heavy atom. The highest BCUT2D eigenvalue weighted by Gasteiger charge is 2.50. The van der Waals surface area contributed by atoms with Gasteiger partial charge < -0.3 is 15.2 Å². The van der Waals surface area contributed by atoms with Gasteiger partial charge in [0.1, 0.15) is 11.6 Å². The predicted molar refractivity (Wildman–Crippen MR) is 129 cm³/mol. The molecule has 3 heterocycles. The number of benzene rings is 1. The fourth-order valence-corrected chi connectivity index (χ4v) is 4.73. The zero-order valence-electron chi connectivity index (χ0n) is 20.6. The number of amides is 2. The second-order valence-corrected chi connectivity index (χ2v) is 9.91. The van der Waals surface area contributed by atoms with Crippen LogP contribution in [0.3, 0.4) is 0 Å². The largest absolute Gasteiger partial charge is 0.355 e. The van der Waals surface area contributed by atoms with Gasteiger partial charge in [-0.2, -0.15) is 0 Å². The fourth-order valence-electron chi connectivity index (χ4n) is 4.73. The topological polar surface area (TPSA) is 113 Å². The van der Waals surface area contributed by atoms with E-state index in [-0.39, 0.29) is 29.0 Å². The van der Waals surface area contributed by atoms with E-state index in [0.717, 1.165) is 25.0 Å². The van der Waals surface area contributed by atoms with E-state index in [0.29, 0.717) is 25.3 Å². The number of likely N-dealkylation sites (tertiary alicyclic amines) is 1. The van der Waals surface area contributed by atoms with E-state index in [1.807, 2.05) is 0 Å². The van der Waals surface area contributed by atoms with Crippen molar-refractivity contribution in [1.82, 2.24) is 30.7 Å². The molecule has 0 radical (unpaired) electrons. The summed E-state index contributed by atoms with van der Waals surface area (Å²) >= 11 is 0. The van der Waals surface area contributed by atoms with Crippen LogP contribution in [0.5, 0.6) is 0 Å². The summed E-state index contributed by atoms with van der Waals surface area (Å²) in [5.74, 6) is -2.17. The van der Waals surface area contributed by atoms with Crippen LogP contribution in [0.25, 0.3) is 11.3 Å². The van der Waals surface area contributed by atoms with Crippen molar-refractivity contribution in [3.8, 4) is 11.3 Å². The first-order valence-corrected chi connectivity index (χ1v) is 12.3. The van der Waals surface area contributed by atoms with Gasteiger partial charge in [0, 0.05) is 49.7 Å². The highest BCUT2D eigenvalue weighted by atomic mass is 19.1. The molecule has 3 aromatic rings. The van der Waals surface area contributed by atoms with Gasteiger partial charge in [-0.05, 0) is 51.3 Å². The van der Waals surface area contributed by atoms with E-state index in [4.69, 9.17) is 4.52 Å². The zero-order valence-corrected chi connectivity index (χ0v) is 20.6. The normalized spacial score (nSPS) is 21.0. The summed E-state index contributed by atoms with van der Waals surface area (Å²) in [5, 5.41) is 9.84. The molecule has 1 aromatic carbocycles. The summed E-state index contributed by atoms with van der Waals surface area (Å²) in [6, 6.07) is 5.87. The Morgan fingerprint density at radius 2 is 1.92 bits per heavy atom. The minimum absolute atomic E-state index is 0.00473. The number of nitrogens with one attached hydrogen (secondary N) is 2. The molecule has 0 unspecified atom stereocenters. The maximum absolute atomic E-state index is 14.1. The van der Waals surface area contributed by atoms with Gasteiger partial charge in [0.15, 0.2) is 17.3 Å². The van der Waals surface area contributed by atoms with Gasteiger partial charge in [0.2, 0.25) is 5.91 Å². The third-order valence-electron chi connectivity index (χ3n) is 7.07. The van der Waals surface area contributed by atoms with Crippen LogP contribution in [-0.4, -0.2) is 57.0 Å². The number of aromatic nitrogens is 3. The Labute approximate surface area is 212 Å². The van der Waals surface area contributed by atoms with Gasteiger partial charge in [-0.15, -0.1) is 0 Å². The molecule has 1 saturated carbocycles. The number of nitrogens with zero attached hydrogens (tertiary/aromatic N) is 4. The molecule has 2 atom stereocenters. The second kappa shape index (κ2) is 9.97. The number of hydrogen-bond acceptors (Lipinski definition) is 7. The number of carbonyl (C=O) groups is 2. The van der Waals surface area contributed by atoms with Crippen molar-refractivity contribution in [2.75, 3.05) is 13.1 Å². The van der Waals surface area contributed by atoms with Crippen molar-refractivity contribution in [3.63, 3.8) is 0 Å². The molecule has 11 heteroatoms. The SMILES string of the molecule is CC(C)N1CC[C@H](NC(=O)c2cc(-c3ccc(F)cc3F)on2)[C@@H](C(=O)NC2(c3ncccn3)CC2)C1. The molecule has 2 amide bonds. The van der Waals surface area contributed by atoms with Crippen LogP contribution < -0.4 is 10.6 Å². The van der Waals surface area contributed by atoms with Crippen molar-refractivity contribution < 1.29 is 22.9 Å². The lowest BCUT2D eigenvalue weighted by Gasteiger charge is -2.40. The first-order valence-electron chi connectivity index (χ1n) is 12.3. The van der Waals surface area contributed by atoms with Crippen LogP contribution in [-0.2, 0) is 10.3 Å². The monoisotopic (exact) mass is 510 g/mol. The first-order chi connectivity index (χ1) is 17.8. The molecule has 1 aliphatic carbocycles. The van der Waals surface area contributed by atoms with Crippen molar-refractivity contribution in [2.24, 2.45) is 5.92 Å². The third kappa shape index (κ3) is 5.22. The highest BCUT2D eigenvalue weighted by Crippen LogP contribution is 2.44. The molecule has 2 fully saturated rings. The second-order valence-electron chi connectivity index (χ2n) is 9.91. The number of hydrogen-bond donors (Lipinski definition) is 2. The average Bonchev–Trinajstić information content (AvgIpc) is 3.49. The van der Waals surface area contributed by atoms with Crippen LogP contribution in [0.15, 0.2) is 47.2 Å². The number of halogens is 2. The molecule has 9 nitrogen and oxygen atoms in total. The molecule has 2 aromatic heterocycles. The lowest BCUT2D eigenvalue weighted by atomic mass is 9.89. The summed E-state index contributed by atoms with van der Waals surface area (Å²) in [6.07, 6.45) is 5.38. The van der Waals surface area contributed by atoms with Crippen LogP contribution in [0.2, 0.25) is 0 Å². The Morgan fingerprint density at radius 1 is 1.16 bits per heavy atom. The van der Waals surface area contributed by atoms with Gasteiger partial charge in [0.05, 0.1) is 17.0 Å². The lowest BCUT2D eigenvalue weighted by Crippen LogP contribution is -2.58. The molecule has 2 N–H and O–H groups in total. The molecule has 37 heavy (non-hydrogen) atoms. The summed E-state index contributed by atoms with van der Waals surface area (Å²) in [5.41, 5.74) is -0.637. The maximum atomic E-state index is 14.1. The molecule has 194 valence electrons. The van der Waals surface area contributed by atoms with E-state index >= 15 is 0 Å². The standard InChI is InChI=1S/C26H28F2N6O3/c1-15(2)34-11-6-20(18(14-34)23(35)32-26(7-8-26)25-29-9-3-10-30-25)31-24(36)21-13-22(37-33-21)17-5-4-16(27)12-19(17)28/h3-5,9-10,12-13,15,18,20H,6-8,11,14H2,1-2H3,(H,31,36)(H,32,35)/t18-,20-/m0/s1. The minimum Gasteiger partial charge on any atom is -0.355 e. The third-order valence-corrected chi connectivity index (χ3v) is 7.07. The summed E-state index contributed by atoms with van der Waals surface area (Å²) in [6.45, 7) is 5.33. The van der Waals surface area contributed by atoms with Crippen LogP contribution in [0, 0.1) is 17.6 Å². The smallest absolute Gasteiger partial charge is 0.273 e. The van der Waals surface area contributed by atoms with E-state index in [1.165, 1.54) is 12.1 Å². The molecular formula is C26H28F2N6O3. The highest BCUT2D eigenvalue weighted by molar-refractivity contribution is 5.94. The zero-order chi connectivity index (χ0) is 26.2. The van der Waals surface area contributed by atoms with E-state index in [2.05, 4.69) is 44.5 Å². The summed E-state index contributed by atoms with van der Waals surface area (Å²) in [7, 11) is 0. The molecular weight excluding hydrogens is 482 g/mol. The Balaban J connectivity index is 1.32. The Kier molecular flexibility index (Phi) is 6.72. The van der Waals surface area contributed by atoms with Gasteiger partial charge >= 0.3 is 0 Å². The van der Waals surface area contributed by atoms with Crippen molar-refractivity contribution in [1.29, 1.82) is 0 Å². The van der Waals surface area contributed by atoms with Gasteiger partial charge in [-0.25, -0.2) is 18.7 Å². The maximum Gasteiger partial charge on any atom is 0.273 e. The van der Waals surface area contributed by atoms with Crippen LogP contribution >= 0.6 is 0 Å². The van der Waals surface area contributed by atoms with E-state index in [9.17, 15) is 18.4 Å². The minimum atomic E-state index is -0.822. The Hall–Kier alpha value is -3.73. The quantitative estimate of drug-likeness (QED) is 0.502. The summed E-state index contributed by atoms with van der Waals surface area (Å²) in [4.78, 5) is 37.4. The number of piperidine rings is 1. The van der Waals surface area contributed by atoms with E-state index in [1.54, 1.807) is 18.5 Å². The molecule has 1 aliphatic heterocycles. The molecule has 1 saturated heterocycles. The molecule has 5 rings (SSSR count). The fraction of sp³-hybridized carbons (Fsp3) is 0.423. The van der Waals surface area contributed by atoms with Crippen molar-refractivity contribution in [3.05, 3.63) is 65.9 Å². The number of rotatable bonds is 7. The average molecular weight is 511 g/mol. The van der Waals surface area contributed by atoms with E-state index < -0.39 is 35.0 Å². The van der Waals surface area contributed by atoms with Gasteiger partial charge in [-0.3, -0.25) is 14.5 Å². The first kappa shape index (κ1) is 24.9. The van der Waals surface area contributed by atoms with Crippen LogP contribution in [0.1, 0.15) is 49.4 Å². The van der Waals surface area contributed by atoms with Crippen molar-refractivity contribution in [2.45, 2.75) is 50.7 Å². The molecule has 2 aliphatic rings. The van der Waals surface area contributed by atoms with Crippen molar-refractivity contribution >= 4 is 11.8 Å². The van der Waals surface area contributed by atoms with Gasteiger partial charge in [-0.1, -0.05) is 5.16 Å². The summed E-state index contributed by atoms with van der Waals surface area (Å²) < 4.78 is 32.5. The predicted octanol–water partition coefficient (Wildman–Crippen LogP) is 3.04. The van der Waals surface area contributed by atoms with Crippen LogP contribution in [0.4, 0.5) is 8.78 Å². The Bertz CT molecular complexity index is 1290. The number of carbonyl (C=O) groups excluding carboxylic acids is 2. The molecule has 0 spiro atoms. The molecule has 0 bridgehead atoms. The van der Waals surface area contributed by atoms with Gasteiger partial charge in [0.25, 0.3) is 5.91 Å². The lowest BCUT2D eigenvalue weighted by molar-refractivity contribution is -0.129.